The predicted molar refractivity (Wildman–Crippen MR) is 73.5 cm³/mol. The highest BCUT2D eigenvalue weighted by atomic mass is 16.4. The van der Waals surface area contributed by atoms with Crippen LogP contribution in [0.15, 0.2) is 28.7 Å². The molecule has 0 radical (unpaired) electrons. The van der Waals surface area contributed by atoms with Crippen molar-refractivity contribution in [2.45, 2.75) is 33.1 Å². The lowest BCUT2D eigenvalue weighted by atomic mass is 10.0. The number of nitrogens with zero attached hydrogens (tertiary/aromatic N) is 1. The summed E-state index contributed by atoms with van der Waals surface area (Å²) in [6, 6.07) is 8.51. The van der Waals surface area contributed by atoms with Crippen molar-refractivity contribution in [2.24, 2.45) is 5.73 Å². The Labute approximate surface area is 108 Å². The van der Waals surface area contributed by atoms with Crippen molar-refractivity contribution < 1.29 is 4.42 Å². The molecule has 0 fully saturated rings. The molecule has 2 N–H and O–H groups in total. The summed E-state index contributed by atoms with van der Waals surface area (Å²) in [5, 5.41) is 0. The Morgan fingerprint density at radius 1 is 1.22 bits per heavy atom. The van der Waals surface area contributed by atoms with Crippen molar-refractivity contribution in [1.82, 2.24) is 4.98 Å². The van der Waals surface area contributed by atoms with Crippen LogP contribution < -0.4 is 5.73 Å². The van der Waals surface area contributed by atoms with E-state index >= 15 is 0 Å². The lowest BCUT2D eigenvalue weighted by Gasteiger charge is -2.05. The summed E-state index contributed by atoms with van der Waals surface area (Å²) in [4.78, 5) is 4.50. The summed E-state index contributed by atoms with van der Waals surface area (Å²) in [7, 11) is 0. The topological polar surface area (TPSA) is 52.0 Å². The summed E-state index contributed by atoms with van der Waals surface area (Å²) < 4.78 is 5.60. The third-order valence-corrected chi connectivity index (χ3v) is 3.05. The first-order valence-corrected chi connectivity index (χ1v) is 6.38. The fourth-order valence-electron chi connectivity index (χ4n) is 1.98. The molecule has 1 heterocycles. The molecule has 0 saturated carbocycles. The number of oxazole rings is 1. The molecular formula is C15H20N2O. The highest BCUT2D eigenvalue weighted by Crippen LogP contribution is 2.25. The van der Waals surface area contributed by atoms with Crippen molar-refractivity contribution in [3.05, 3.63) is 41.5 Å². The maximum Gasteiger partial charge on any atom is 0.196 e. The maximum atomic E-state index is 5.60. The van der Waals surface area contributed by atoms with E-state index < -0.39 is 0 Å². The third kappa shape index (κ3) is 2.62. The van der Waals surface area contributed by atoms with Crippen molar-refractivity contribution in [2.75, 3.05) is 6.54 Å². The fourth-order valence-corrected chi connectivity index (χ4v) is 1.98. The van der Waals surface area contributed by atoms with Gasteiger partial charge in [0.25, 0.3) is 0 Å². The van der Waals surface area contributed by atoms with E-state index in [1.54, 1.807) is 0 Å². The van der Waals surface area contributed by atoms with E-state index in [2.05, 4.69) is 43.1 Å². The van der Waals surface area contributed by atoms with Gasteiger partial charge < -0.3 is 10.2 Å². The summed E-state index contributed by atoms with van der Waals surface area (Å²) in [6.07, 6.45) is 0.685. The zero-order chi connectivity index (χ0) is 13.1. The molecule has 18 heavy (non-hydrogen) atoms. The largest absolute Gasteiger partial charge is 0.445 e. The molecule has 96 valence electrons. The molecule has 2 aromatic rings. The highest BCUT2D eigenvalue weighted by molar-refractivity contribution is 5.61. The van der Waals surface area contributed by atoms with Gasteiger partial charge in [0.2, 0.25) is 0 Å². The van der Waals surface area contributed by atoms with Crippen LogP contribution in [0.4, 0.5) is 0 Å². The lowest BCUT2D eigenvalue weighted by Crippen LogP contribution is -2.02. The van der Waals surface area contributed by atoms with E-state index in [4.69, 9.17) is 10.2 Å². The van der Waals surface area contributed by atoms with Crippen LogP contribution in [-0.4, -0.2) is 11.5 Å². The molecule has 0 bridgehead atoms. The minimum Gasteiger partial charge on any atom is -0.445 e. The molecule has 3 heteroatoms. The number of hydrogen-bond acceptors (Lipinski definition) is 3. The first-order chi connectivity index (χ1) is 8.61. The van der Waals surface area contributed by atoms with Crippen LogP contribution in [0, 0.1) is 6.92 Å². The molecule has 0 saturated heterocycles. The molecule has 2 rings (SSSR count). The molecular weight excluding hydrogens is 224 g/mol. The molecule has 0 aliphatic heterocycles. The number of rotatable bonds is 4. The van der Waals surface area contributed by atoms with Gasteiger partial charge >= 0.3 is 0 Å². The van der Waals surface area contributed by atoms with Crippen molar-refractivity contribution in [1.29, 1.82) is 0 Å². The Balaban J connectivity index is 2.30. The van der Waals surface area contributed by atoms with Gasteiger partial charge in [-0.3, -0.25) is 0 Å². The molecule has 3 nitrogen and oxygen atoms in total. The first kappa shape index (κ1) is 12.8. The maximum absolute atomic E-state index is 5.60. The lowest BCUT2D eigenvalue weighted by molar-refractivity contribution is 0.473. The predicted octanol–water partition coefficient (Wildman–Crippen LogP) is 3.27. The van der Waals surface area contributed by atoms with Gasteiger partial charge in [-0.05, 0) is 18.4 Å². The van der Waals surface area contributed by atoms with E-state index in [-0.39, 0.29) is 0 Å². The Morgan fingerprint density at radius 3 is 2.44 bits per heavy atom. The monoisotopic (exact) mass is 244 g/mol. The molecule has 0 spiro atoms. The van der Waals surface area contributed by atoms with E-state index in [1.807, 2.05) is 6.92 Å². The standard InChI is InChI=1S/C15H20N2O/c1-10(2)12-4-6-13(7-5-12)15-11(3)18-14(17-15)8-9-16/h4-7,10H,8-9,16H2,1-3H3. The van der Waals surface area contributed by atoms with E-state index in [0.29, 0.717) is 18.9 Å². The second-order valence-corrected chi connectivity index (χ2v) is 4.83. The van der Waals surface area contributed by atoms with Gasteiger partial charge in [-0.2, -0.15) is 0 Å². The second kappa shape index (κ2) is 5.36. The molecule has 1 aromatic heterocycles. The number of nitrogens with two attached hydrogens (primary N) is 1. The SMILES string of the molecule is Cc1oc(CCN)nc1-c1ccc(C(C)C)cc1. The summed E-state index contributed by atoms with van der Waals surface area (Å²) >= 11 is 0. The Hall–Kier alpha value is -1.61. The minimum absolute atomic E-state index is 0.547. The van der Waals surface area contributed by atoms with Crippen LogP contribution in [0.5, 0.6) is 0 Å². The Kier molecular flexibility index (Phi) is 3.82. The van der Waals surface area contributed by atoms with Gasteiger partial charge in [0.15, 0.2) is 5.89 Å². The Morgan fingerprint density at radius 2 is 1.89 bits per heavy atom. The van der Waals surface area contributed by atoms with Crippen LogP contribution in [0.1, 0.15) is 37.0 Å². The summed E-state index contributed by atoms with van der Waals surface area (Å²) in [6.45, 7) is 6.88. The zero-order valence-electron chi connectivity index (χ0n) is 11.2. The summed E-state index contributed by atoms with van der Waals surface area (Å²) in [5.74, 6) is 2.12. The molecule has 0 atom stereocenters. The minimum atomic E-state index is 0.547. The van der Waals surface area contributed by atoms with E-state index in [0.717, 1.165) is 22.9 Å². The Bertz CT molecular complexity index is 512. The van der Waals surface area contributed by atoms with Crippen LogP contribution in [0.2, 0.25) is 0 Å². The number of benzene rings is 1. The van der Waals surface area contributed by atoms with Gasteiger partial charge in [-0.1, -0.05) is 38.1 Å². The number of hydrogen-bond donors (Lipinski definition) is 1. The van der Waals surface area contributed by atoms with Crippen LogP contribution in [-0.2, 0) is 6.42 Å². The fraction of sp³-hybridized carbons (Fsp3) is 0.400. The summed E-state index contributed by atoms with van der Waals surface area (Å²) in [5.41, 5.74) is 8.87. The molecule has 0 aliphatic carbocycles. The van der Waals surface area contributed by atoms with Gasteiger partial charge in [-0.25, -0.2) is 4.98 Å². The van der Waals surface area contributed by atoms with Crippen molar-refractivity contribution in [3.8, 4) is 11.3 Å². The number of aryl methyl sites for hydroxylation is 1. The quantitative estimate of drug-likeness (QED) is 0.898. The van der Waals surface area contributed by atoms with Gasteiger partial charge in [0.05, 0.1) is 0 Å². The first-order valence-electron chi connectivity index (χ1n) is 6.38. The second-order valence-electron chi connectivity index (χ2n) is 4.83. The van der Waals surface area contributed by atoms with E-state index in [9.17, 15) is 0 Å². The van der Waals surface area contributed by atoms with Crippen molar-refractivity contribution in [3.63, 3.8) is 0 Å². The van der Waals surface area contributed by atoms with Crippen molar-refractivity contribution >= 4 is 0 Å². The molecule has 1 aromatic carbocycles. The average Bonchev–Trinajstić information content (AvgIpc) is 2.71. The van der Waals surface area contributed by atoms with Gasteiger partial charge in [-0.15, -0.1) is 0 Å². The van der Waals surface area contributed by atoms with Gasteiger partial charge in [0, 0.05) is 18.5 Å². The highest BCUT2D eigenvalue weighted by Gasteiger charge is 2.11. The van der Waals surface area contributed by atoms with E-state index in [1.165, 1.54) is 5.56 Å². The third-order valence-electron chi connectivity index (χ3n) is 3.05. The average molecular weight is 244 g/mol. The van der Waals surface area contributed by atoms with Gasteiger partial charge in [0.1, 0.15) is 11.5 Å². The molecule has 0 amide bonds. The number of aromatic nitrogens is 1. The van der Waals surface area contributed by atoms with Crippen LogP contribution in [0.3, 0.4) is 0 Å². The zero-order valence-corrected chi connectivity index (χ0v) is 11.2. The molecule has 0 aliphatic rings. The molecule has 0 unspecified atom stereocenters. The van der Waals surface area contributed by atoms with Crippen LogP contribution >= 0.6 is 0 Å². The smallest absolute Gasteiger partial charge is 0.196 e. The normalized spacial score (nSPS) is 11.2. The van der Waals surface area contributed by atoms with Crippen LogP contribution in [0.25, 0.3) is 11.3 Å².